The molecule has 0 radical (unpaired) electrons. The Kier molecular flexibility index (Phi) is 6.29. The molecule has 3 aromatic heterocycles. The molecule has 8 nitrogen and oxygen atoms in total. The lowest BCUT2D eigenvalue weighted by molar-refractivity contribution is -0.132. The van der Waals surface area contributed by atoms with Gasteiger partial charge in [0, 0.05) is 40.8 Å². The quantitative estimate of drug-likeness (QED) is 0.370. The molecule has 4 heterocycles. The molecule has 10 heteroatoms. The standard InChI is InChI=1S/C23H25BrN6O2S/c1-2-19(31)29-7-3-14(4-8-29)5-9-30-22-20(21(25)26-13-27-22)28-23(30)33-18-12-17-15(6-10-32-17)11-16(18)24/h6,10-14H,2-5,7-9H2,1H3,(H2,25,26,27). The van der Waals surface area contributed by atoms with Crippen molar-refractivity contribution >= 4 is 61.5 Å². The first-order chi connectivity index (χ1) is 16.0. The van der Waals surface area contributed by atoms with Crippen LogP contribution >= 0.6 is 27.7 Å². The van der Waals surface area contributed by atoms with Gasteiger partial charge in [-0.1, -0.05) is 18.7 Å². The third-order valence-corrected chi connectivity index (χ3v) is 8.23. The molecule has 0 unspecified atom stereocenters. The number of fused-ring (bicyclic) bond motifs is 2. The van der Waals surface area contributed by atoms with E-state index >= 15 is 0 Å². The maximum Gasteiger partial charge on any atom is 0.222 e. The predicted octanol–water partition coefficient (Wildman–Crippen LogP) is 5.11. The van der Waals surface area contributed by atoms with Gasteiger partial charge in [0.05, 0.1) is 6.26 Å². The molecule has 0 aliphatic carbocycles. The van der Waals surface area contributed by atoms with Crippen LogP contribution in [0.1, 0.15) is 32.6 Å². The SMILES string of the molecule is CCC(=O)N1CCC(CCn2c(Sc3cc4occc4cc3Br)nc3c(N)ncnc32)CC1. The molecular weight excluding hydrogens is 504 g/mol. The van der Waals surface area contributed by atoms with E-state index in [4.69, 9.17) is 15.1 Å². The van der Waals surface area contributed by atoms with Gasteiger partial charge in [0.15, 0.2) is 22.1 Å². The first kappa shape index (κ1) is 22.2. The van der Waals surface area contributed by atoms with E-state index in [1.807, 2.05) is 30.0 Å². The number of halogens is 1. The van der Waals surface area contributed by atoms with Gasteiger partial charge in [-0.05, 0) is 59.3 Å². The summed E-state index contributed by atoms with van der Waals surface area (Å²) in [6, 6.07) is 6.01. The molecule has 172 valence electrons. The second-order valence-corrected chi connectivity index (χ2v) is 10.2. The molecule has 5 rings (SSSR count). The number of piperidine rings is 1. The van der Waals surface area contributed by atoms with E-state index in [0.717, 1.165) is 70.0 Å². The molecule has 0 atom stereocenters. The summed E-state index contributed by atoms with van der Waals surface area (Å²) in [4.78, 5) is 28.4. The number of benzene rings is 1. The number of aromatic nitrogens is 4. The maximum atomic E-state index is 12.0. The number of rotatable bonds is 6. The fourth-order valence-electron chi connectivity index (χ4n) is 4.36. The van der Waals surface area contributed by atoms with Crippen LogP contribution in [-0.2, 0) is 11.3 Å². The van der Waals surface area contributed by atoms with Gasteiger partial charge in [0.25, 0.3) is 0 Å². The van der Waals surface area contributed by atoms with Gasteiger partial charge in [0.2, 0.25) is 5.91 Å². The third-order valence-electron chi connectivity index (χ3n) is 6.26. The zero-order valence-electron chi connectivity index (χ0n) is 18.3. The van der Waals surface area contributed by atoms with Gasteiger partial charge in [-0.3, -0.25) is 4.79 Å². The lowest BCUT2D eigenvalue weighted by Gasteiger charge is -2.32. The zero-order chi connectivity index (χ0) is 22.9. The molecule has 2 N–H and O–H groups in total. The molecule has 1 saturated heterocycles. The van der Waals surface area contributed by atoms with Gasteiger partial charge >= 0.3 is 0 Å². The Hall–Kier alpha value is -2.59. The molecule has 33 heavy (non-hydrogen) atoms. The van der Waals surface area contributed by atoms with Crippen molar-refractivity contribution in [2.45, 2.75) is 49.2 Å². The number of likely N-dealkylation sites (tertiary alicyclic amines) is 1. The highest BCUT2D eigenvalue weighted by Crippen LogP contribution is 2.38. The Morgan fingerprint density at radius 1 is 1.30 bits per heavy atom. The number of nitrogens with zero attached hydrogens (tertiary/aromatic N) is 5. The van der Waals surface area contributed by atoms with E-state index in [9.17, 15) is 4.79 Å². The fraction of sp³-hybridized carbons (Fsp3) is 0.391. The zero-order valence-corrected chi connectivity index (χ0v) is 20.7. The van der Waals surface area contributed by atoms with Gasteiger partial charge in [0.1, 0.15) is 11.9 Å². The minimum absolute atomic E-state index is 0.249. The number of hydrogen-bond donors (Lipinski definition) is 1. The molecule has 1 aromatic carbocycles. The fourth-order valence-corrected chi connectivity index (χ4v) is 5.91. The van der Waals surface area contributed by atoms with Gasteiger partial charge in [-0.15, -0.1) is 0 Å². The number of amides is 1. The van der Waals surface area contributed by atoms with Crippen LogP contribution in [0.25, 0.3) is 22.1 Å². The molecule has 1 amide bonds. The van der Waals surface area contributed by atoms with Crippen molar-refractivity contribution in [3.8, 4) is 0 Å². The summed E-state index contributed by atoms with van der Waals surface area (Å²) in [6.07, 6.45) is 6.81. The van der Waals surface area contributed by atoms with Crippen molar-refractivity contribution in [3.63, 3.8) is 0 Å². The summed E-state index contributed by atoms with van der Waals surface area (Å²) >= 11 is 5.24. The monoisotopic (exact) mass is 528 g/mol. The number of hydrogen-bond acceptors (Lipinski definition) is 7. The van der Waals surface area contributed by atoms with Crippen LogP contribution in [0.2, 0.25) is 0 Å². The predicted molar refractivity (Wildman–Crippen MR) is 132 cm³/mol. The van der Waals surface area contributed by atoms with Gasteiger partial charge < -0.3 is 19.6 Å². The summed E-state index contributed by atoms with van der Waals surface area (Å²) in [6.45, 7) is 4.39. The van der Waals surface area contributed by atoms with Crippen molar-refractivity contribution in [2.75, 3.05) is 18.8 Å². The number of carbonyl (C=O) groups is 1. The van der Waals surface area contributed by atoms with Crippen LogP contribution in [0, 0.1) is 5.92 Å². The van der Waals surface area contributed by atoms with Gasteiger partial charge in [-0.2, -0.15) is 0 Å². The molecular formula is C23H25BrN6O2S. The van der Waals surface area contributed by atoms with E-state index in [1.54, 1.807) is 18.0 Å². The lowest BCUT2D eigenvalue weighted by Crippen LogP contribution is -2.38. The van der Waals surface area contributed by atoms with E-state index in [0.29, 0.717) is 23.7 Å². The number of anilines is 1. The average molecular weight is 529 g/mol. The van der Waals surface area contributed by atoms with Crippen LogP contribution in [0.15, 0.2) is 49.7 Å². The minimum Gasteiger partial charge on any atom is -0.464 e. The topological polar surface area (TPSA) is 103 Å². The largest absolute Gasteiger partial charge is 0.464 e. The Morgan fingerprint density at radius 3 is 2.91 bits per heavy atom. The van der Waals surface area contributed by atoms with E-state index < -0.39 is 0 Å². The molecule has 0 spiro atoms. The van der Waals surface area contributed by atoms with Crippen LogP contribution in [0.5, 0.6) is 0 Å². The number of carbonyl (C=O) groups excluding carboxylic acids is 1. The summed E-state index contributed by atoms with van der Waals surface area (Å²) < 4.78 is 8.71. The number of imidazole rings is 1. The summed E-state index contributed by atoms with van der Waals surface area (Å²) in [5.41, 5.74) is 8.32. The Bertz CT molecular complexity index is 1310. The number of nitrogen functional groups attached to an aromatic ring is 1. The summed E-state index contributed by atoms with van der Waals surface area (Å²) in [5.74, 6) is 1.19. The van der Waals surface area contributed by atoms with Crippen LogP contribution < -0.4 is 5.73 Å². The van der Waals surface area contributed by atoms with Crippen LogP contribution in [-0.4, -0.2) is 43.4 Å². The number of furan rings is 1. The molecule has 1 aliphatic heterocycles. The van der Waals surface area contributed by atoms with E-state index in [2.05, 4.69) is 30.5 Å². The number of aryl methyl sites for hydroxylation is 1. The summed E-state index contributed by atoms with van der Waals surface area (Å²) in [5, 5.41) is 1.87. The smallest absolute Gasteiger partial charge is 0.222 e. The van der Waals surface area contributed by atoms with Gasteiger partial charge in [-0.25, -0.2) is 15.0 Å². The molecule has 4 aromatic rings. The van der Waals surface area contributed by atoms with Crippen LogP contribution in [0.4, 0.5) is 5.82 Å². The molecule has 1 aliphatic rings. The second-order valence-electron chi connectivity index (χ2n) is 8.29. The average Bonchev–Trinajstić information content (AvgIpc) is 3.42. The van der Waals surface area contributed by atoms with Crippen molar-refractivity contribution in [1.82, 2.24) is 24.4 Å². The summed E-state index contributed by atoms with van der Waals surface area (Å²) in [7, 11) is 0. The molecule has 0 bridgehead atoms. The second kappa shape index (κ2) is 9.34. The van der Waals surface area contributed by atoms with Crippen molar-refractivity contribution < 1.29 is 9.21 Å². The van der Waals surface area contributed by atoms with Crippen molar-refractivity contribution in [3.05, 3.63) is 35.3 Å². The van der Waals surface area contributed by atoms with Crippen molar-refractivity contribution in [1.29, 1.82) is 0 Å². The van der Waals surface area contributed by atoms with Crippen LogP contribution in [0.3, 0.4) is 0 Å². The Balaban J connectivity index is 1.39. The third kappa shape index (κ3) is 4.46. The minimum atomic E-state index is 0.249. The van der Waals surface area contributed by atoms with E-state index in [-0.39, 0.29) is 5.91 Å². The number of nitrogens with two attached hydrogens (primary N) is 1. The van der Waals surface area contributed by atoms with Crippen molar-refractivity contribution in [2.24, 2.45) is 5.92 Å². The highest BCUT2D eigenvalue weighted by molar-refractivity contribution is 9.10. The Morgan fingerprint density at radius 2 is 2.12 bits per heavy atom. The maximum absolute atomic E-state index is 12.0. The highest BCUT2D eigenvalue weighted by Gasteiger charge is 2.23. The highest BCUT2D eigenvalue weighted by atomic mass is 79.9. The Labute approximate surface area is 204 Å². The molecule has 0 saturated carbocycles. The first-order valence-electron chi connectivity index (χ1n) is 11.1. The molecule has 1 fully saturated rings. The van der Waals surface area contributed by atoms with E-state index in [1.165, 1.54) is 6.33 Å². The lowest BCUT2D eigenvalue weighted by atomic mass is 9.93. The normalized spacial score (nSPS) is 15.0. The first-order valence-corrected chi connectivity index (χ1v) is 12.7.